The summed E-state index contributed by atoms with van der Waals surface area (Å²) in [5.74, 6) is -0.214. The van der Waals surface area contributed by atoms with Crippen LogP contribution in [-0.4, -0.2) is 37.4 Å². The monoisotopic (exact) mass is 249 g/mol. The molecule has 5 nitrogen and oxygen atoms in total. The standard InChI is InChI=1S/C13H19N3O2/c1-15-12(17)9-16(2)13(18)8-5-10-3-6-11(14)7-4-10/h3-4,6-7H,5,8-9,14H2,1-2H3,(H,15,17). The van der Waals surface area contributed by atoms with Crippen molar-refractivity contribution in [1.82, 2.24) is 10.2 Å². The topological polar surface area (TPSA) is 75.4 Å². The molecule has 0 saturated carbocycles. The van der Waals surface area contributed by atoms with E-state index in [0.29, 0.717) is 18.5 Å². The molecule has 0 aliphatic heterocycles. The lowest BCUT2D eigenvalue weighted by atomic mass is 10.1. The highest BCUT2D eigenvalue weighted by Gasteiger charge is 2.11. The number of amides is 2. The van der Waals surface area contributed by atoms with Gasteiger partial charge >= 0.3 is 0 Å². The first kappa shape index (κ1) is 14.0. The highest BCUT2D eigenvalue weighted by Crippen LogP contribution is 2.08. The number of benzene rings is 1. The maximum absolute atomic E-state index is 11.8. The van der Waals surface area contributed by atoms with Crippen LogP contribution in [0.15, 0.2) is 24.3 Å². The van der Waals surface area contributed by atoms with Crippen LogP contribution in [0.2, 0.25) is 0 Å². The summed E-state index contributed by atoms with van der Waals surface area (Å²) in [6, 6.07) is 7.44. The molecule has 1 rings (SSSR count). The summed E-state index contributed by atoms with van der Waals surface area (Å²) in [6.45, 7) is 0.0943. The van der Waals surface area contributed by atoms with Gasteiger partial charge in [-0.2, -0.15) is 0 Å². The van der Waals surface area contributed by atoms with Gasteiger partial charge in [-0.3, -0.25) is 9.59 Å². The molecule has 0 aromatic heterocycles. The Balaban J connectivity index is 2.41. The maximum atomic E-state index is 11.8. The van der Waals surface area contributed by atoms with Gasteiger partial charge in [0.25, 0.3) is 0 Å². The normalized spacial score (nSPS) is 9.89. The number of carbonyl (C=O) groups is 2. The molecule has 0 heterocycles. The van der Waals surface area contributed by atoms with Gasteiger partial charge in [-0.25, -0.2) is 0 Å². The summed E-state index contributed by atoms with van der Waals surface area (Å²) in [4.78, 5) is 24.3. The summed E-state index contributed by atoms with van der Waals surface area (Å²) in [5, 5.41) is 2.48. The Labute approximate surface area is 107 Å². The number of anilines is 1. The third-order valence-corrected chi connectivity index (χ3v) is 2.69. The second kappa shape index (κ2) is 6.64. The van der Waals surface area contributed by atoms with Gasteiger partial charge in [0.2, 0.25) is 11.8 Å². The maximum Gasteiger partial charge on any atom is 0.239 e. The summed E-state index contributed by atoms with van der Waals surface area (Å²) in [7, 11) is 3.18. The molecule has 2 amide bonds. The number of carbonyl (C=O) groups excluding carboxylic acids is 2. The Bertz CT molecular complexity index is 415. The summed E-state index contributed by atoms with van der Waals surface area (Å²) < 4.78 is 0. The number of rotatable bonds is 5. The minimum Gasteiger partial charge on any atom is -0.399 e. The van der Waals surface area contributed by atoms with Crippen molar-refractivity contribution in [2.75, 3.05) is 26.4 Å². The van der Waals surface area contributed by atoms with E-state index in [1.165, 1.54) is 4.90 Å². The van der Waals surface area contributed by atoms with Crippen LogP contribution in [0.1, 0.15) is 12.0 Å². The SMILES string of the molecule is CNC(=O)CN(C)C(=O)CCc1ccc(N)cc1. The predicted octanol–water partition coefficient (Wildman–Crippen LogP) is 0.406. The number of nitrogens with two attached hydrogens (primary N) is 1. The number of hydrogen-bond acceptors (Lipinski definition) is 3. The van der Waals surface area contributed by atoms with Crippen LogP contribution in [0.5, 0.6) is 0 Å². The number of nitrogens with zero attached hydrogens (tertiary/aromatic N) is 1. The Kier molecular flexibility index (Phi) is 5.17. The molecule has 98 valence electrons. The van der Waals surface area contributed by atoms with Crippen molar-refractivity contribution in [3.63, 3.8) is 0 Å². The molecule has 0 aliphatic carbocycles. The smallest absolute Gasteiger partial charge is 0.239 e. The molecule has 0 saturated heterocycles. The van der Waals surface area contributed by atoms with Gasteiger partial charge in [0.1, 0.15) is 0 Å². The fraction of sp³-hybridized carbons (Fsp3) is 0.385. The first-order valence-electron chi connectivity index (χ1n) is 5.82. The third kappa shape index (κ3) is 4.45. The van der Waals surface area contributed by atoms with Crippen molar-refractivity contribution in [2.24, 2.45) is 0 Å². The highest BCUT2D eigenvalue weighted by molar-refractivity contribution is 5.84. The molecule has 3 N–H and O–H groups in total. The van der Waals surface area contributed by atoms with Gasteiger partial charge in [-0.1, -0.05) is 12.1 Å². The zero-order valence-corrected chi connectivity index (χ0v) is 10.8. The van der Waals surface area contributed by atoms with Crippen LogP contribution >= 0.6 is 0 Å². The molecule has 5 heteroatoms. The lowest BCUT2D eigenvalue weighted by molar-refractivity contribution is -0.134. The van der Waals surface area contributed by atoms with Crippen LogP contribution in [0.3, 0.4) is 0 Å². The van der Waals surface area contributed by atoms with E-state index >= 15 is 0 Å². The summed E-state index contributed by atoms with van der Waals surface area (Å²) >= 11 is 0. The van der Waals surface area contributed by atoms with Gasteiger partial charge in [-0.05, 0) is 24.1 Å². The van der Waals surface area contributed by atoms with Gasteiger partial charge in [0, 0.05) is 26.2 Å². The summed E-state index contributed by atoms with van der Waals surface area (Å²) in [6.07, 6.45) is 1.04. The van der Waals surface area contributed by atoms with E-state index in [9.17, 15) is 9.59 Å². The van der Waals surface area contributed by atoms with E-state index in [0.717, 1.165) is 5.56 Å². The number of hydrogen-bond donors (Lipinski definition) is 2. The largest absolute Gasteiger partial charge is 0.399 e. The highest BCUT2D eigenvalue weighted by atomic mass is 16.2. The summed E-state index contributed by atoms with van der Waals surface area (Å²) in [5.41, 5.74) is 7.35. The lowest BCUT2D eigenvalue weighted by Gasteiger charge is -2.15. The number of likely N-dealkylation sites (N-methyl/N-ethyl adjacent to an activating group) is 2. The van der Waals surface area contributed by atoms with Crippen LogP contribution in [0.25, 0.3) is 0 Å². The minimum absolute atomic E-state index is 0.0459. The predicted molar refractivity (Wildman–Crippen MR) is 70.9 cm³/mol. The van der Waals surface area contributed by atoms with Crippen LogP contribution in [0.4, 0.5) is 5.69 Å². The Morgan fingerprint density at radius 3 is 2.44 bits per heavy atom. The molecule has 1 aromatic carbocycles. The van der Waals surface area contributed by atoms with Gasteiger partial charge in [-0.15, -0.1) is 0 Å². The number of nitrogens with one attached hydrogen (secondary N) is 1. The number of nitrogen functional groups attached to an aromatic ring is 1. The van der Waals surface area contributed by atoms with Crippen molar-refractivity contribution in [3.8, 4) is 0 Å². The zero-order chi connectivity index (χ0) is 13.5. The third-order valence-electron chi connectivity index (χ3n) is 2.69. The van der Waals surface area contributed by atoms with Crippen LogP contribution in [-0.2, 0) is 16.0 Å². The Morgan fingerprint density at radius 2 is 1.89 bits per heavy atom. The second-order valence-electron chi connectivity index (χ2n) is 4.16. The molecule has 0 bridgehead atoms. The molecule has 0 aliphatic rings. The van der Waals surface area contributed by atoms with Crippen molar-refractivity contribution >= 4 is 17.5 Å². The van der Waals surface area contributed by atoms with Gasteiger partial charge < -0.3 is 16.0 Å². The Hall–Kier alpha value is -2.04. The van der Waals surface area contributed by atoms with E-state index in [-0.39, 0.29) is 18.4 Å². The molecular weight excluding hydrogens is 230 g/mol. The van der Waals surface area contributed by atoms with E-state index in [2.05, 4.69) is 5.32 Å². The van der Waals surface area contributed by atoms with Crippen LogP contribution < -0.4 is 11.1 Å². The molecular formula is C13H19N3O2. The van der Waals surface area contributed by atoms with Crippen molar-refractivity contribution in [2.45, 2.75) is 12.8 Å². The first-order chi connectivity index (χ1) is 8.52. The fourth-order valence-corrected chi connectivity index (χ4v) is 1.51. The fourth-order valence-electron chi connectivity index (χ4n) is 1.51. The average molecular weight is 249 g/mol. The zero-order valence-electron chi connectivity index (χ0n) is 10.8. The molecule has 1 aromatic rings. The van der Waals surface area contributed by atoms with Crippen molar-refractivity contribution in [3.05, 3.63) is 29.8 Å². The first-order valence-corrected chi connectivity index (χ1v) is 5.82. The number of aryl methyl sites for hydroxylation is 1. The van der Waals surface area contributed by atoms with E-state index in [1.807, 2.05) is 24.3 Å². The van der Waals surface area contributed by atoms with E-state index < -0.39 is 0 Å². The van der Waals surface area contributed by atoms with E-state index in [1.54, 1.807) is 14.1 Å². The minimum atomic E-state index is -0.168. The molecule has 0 radical (unpaired) electrons. The van der Waals surface area contributed by atoms with Crippen molar-refractivity contribution < 1.29 is 9.59 Å². The molecule has 0 atom stereocenters. The second-order valence-corrected chi connectivity index (χ2v) is 4.16. The lowest BCUT2D eigenvalue weighted by Crippen LogP contribution is -2.36. The molecule has 0 fully saturated rings. The average Bonchev–Trinajstić information content (AvgIpc) is 2.37. The van der Waals surface area contributed by atoms with Crippen molar-refractivity contribution in [1.29, 1.82) is 0 Å². The van der Waals surface area contributed by atoms with E-state index in [4.69, 9.17) is 5.73 Å². The van der Waals surface area contributed by atoms with Gasteiger partial charge in [0.05, 0.1) is 6.54 Å². The quantitative estimate of drug-likeness (QED) is 0.742. The van der Waals surface area contributed by atoms with Crippen LogP contribution in [0, 0.1) is 0 Å². The molecule has 0 spiro atoms. The Morgan fingerprint density at radius 1 is 1.28 bits per heavy atom. The van der Waals surface area contributed by atoms with Gasteiger partial charge in [0.15, 0.2) is 0 Å². The molecule has 18 heavy (non-hydrogen) atoms. The molecule has 0 unspecified atom stereocenters.